The Kier molecular flexibility index (Phi) is 7.50. The van der Waals surface area contributed by atoms with Crippen molar-refractivity contribution in [1.29, 1.82) is 0 Å². The molecule has 2 aromatic heterocycles. The molecular formula is C26H22Cl2FN3O2. The first kappa shape index (κ1) is 23.8. The van der Waals surface area contributed by atoms with Gasteiger partial charge in [0, 0.05) is 23.9 Å². The van der Waals surface area contributed by atoms with Gasteiger partial charge in [0.2, 0.25) is 0 Å². The van der Waals surface area contributed by atoms with Gasteiger partial charge in [-0.25, -0.2) is 9.37 Å². The molecule has 4 aromatic rings. The Bertz CT molecular complexity index is 1280. The van der Waals surface area contributed by atoms with Gasteiger partial charge in [-0.15, -0.1) is 0 Å². The standard InChI is InChI=1S/C26H22Cl2FN3O2/c1-33-22-10-9-16(14-23(22)34-2)11-13-31-26-25(24-17(27)6-5-7-19(24)29)18(28)15-21(32-26)20-8-3-4-12-30-20/h3-10,12,14-15H,11,13H2,1-2H3,(H,31,32). The van der Waals surface area contributed by atoms with Gasteiger partial charge in [-0.1, -0.05) is 41.4 Å². The molecule has 34 heavy (non-hydrogen) atoms. The van der Waals surface area contributed by atoms with E-state index in [0.717, 1.165) is 5.56 Å². The minimum Gasteiger partial charge on any atom is -0.493 e. The number of ether oxygens (including phenoxy) is 2. The van der Waals surface area contributed by atoms with Gasteiger partial charge in [0.25, 0.3) is 0 Å². The first-order valence-corrected chi connectivity index (χ1v) is 11.3. The van der Waals surface area contributed by atoms with Crippen LogP contribution in [-0.4, -0.2) is 30.7 Å². The van der Waals surface area contributed by atoms with E-state index in [1.807, 2.05) is 36.4 Å². The third-order valence-electron chi connectivity index (χ3n) is 5.27. The summed E-state index contributed by atoms with van der Waals surface area (Å²) < 4.78 is 25.5. The molecule has 0 spiro atoms. The fourth-order valence-corrected chi connectivity index (χ4v) is 4.17. The van der Waals surface area contributed by atoms with Crippen LogP contribution in [0.2, 0.25) is 10.0 Å². The predicted molar refractivity (Wildman–Crippen MR) is 135 cm³/mol. The molecule has 0 amide bonds. The highest BCUT2D eigenvalue weighted by molar-refractivity contribution is 6.37. The van der Waals surface area contributed by atoms with Gasteiger partial charge in [0.1, 0.15) is 11.6 Å². The summed E-state index contributed by atoms with van der Waals surface area (Å²) in [6.45, 7) is 0.504. The fraction of sp³-hybridized carbons (Fsp3) is 0.154. The Morgan fingerprint density at radius 1 is 0.853 bits per heavy atom. The monoisotopic (exact) mass is 497 g/mol. The topological polar surface area (TPSA) is 56.3 Å². The molecule has 0 aliphatic heterocycles. The smallest absolute Gasteiger partial charge is 0.160 e. The highest BCUT2D eigenvalue weighted by Crippen LogP contribution is 2.41. The Morgan fingerprint density at radius 3 is 2.38 bits per heavy atom. The fourth-order valence-electron chi connectivity index (χ4n) is 3.62. The second kappa shape index (κ2) is 10.7. The van der Waals surface area contributed by atoms with E-state index >= 15 is 0 Å². The van der Waals surface area contributed by atoms with Crippen molar-refractivity contribution in [1.82, 2.24) is 9.97 Å². The highest BCUT2D eigenvalue weighted by Gasteiger charge is 2.20. The van der Waals surface area contributed by atoms with E-state index in [1.54, 1.807) is 38.6 Å². The van der Waals surface area contributed by atoms with Crippen LogP contribution in [0.5, 0.6) is 11.5 Å². The van der Waals surface area contributed by atoms with Crippen molar-refractivity contribution >= 4 is 29.0 Å². The van der Waals surface area contributed by atoms with Crippen molar-refractivity contribution in [2.75, 3.05) is 26.1 Å². The molecule has 0 saturated carbocycles. The van der Waals surface area contributed by atoms with Crippen LogP contribution in [0.1, 0.15) is 5.56 Å². The van der Waals surface area contributed by atoms with Gasteiger partial charge in [-0.2, -0.15) is 0 Å². The number of hydrogen-bond donors (Lipinski definition) is 1. The number of aromatic nitrogens is 2. The largest absolute Gasteiger partial charge is 0.493 e. The van der Waals surface area contributed by atoms with E-state index in [4.69, 9.17) is 37.7 Å². The zero-order chi connectivity index (χ0) is 24.1. The second-order valence-electron chi connectivity index (χ2n) is 7.39. The summed E-state index contributed by atoms with van der Waals surface area (Å²) in [5.41, 5.74) is 2.84. The van der Waals surface area contributed by atoms with Crippen molar-refractivity contribution in [3.8, 4) is 34.0 Å². The lowest BCUT2D eigenvalue weighted by molar-refractivity contribution is 0.354. The molecule has 0 bridgehead atoms. The summed E-state index contributed by atoms with van der Waals surface area (Å²) in [5, 5.41) is 3.87. The molecule has 2 aromatic carbocycles. The number of nitrogens with zero attached hydrogens (tertiary/aromatic N) is 2. The summed E-state index contributed by atoms with van der Waals surface area (Å²) >= 11 is 13.0. The van der Waals surface area contributed by atoms with Crippen LogP contribution in [0, 0.1) is 5.82 Å². The molecule has 0 radical (unpaired) electrons. The van der Waals surface area contributed by atoms with Gasteiger partial charge < -0.3 is 14.8 Å². The van der Waals surface area contributed by atoms with Crippen LogP contribution in [0.25, 0.3) is 22.5 Å². The van der Waals surface area contributed by atoms with Crippen molar-refractivity contribution in [3.63, 3.8) is 0 Å². The van der Waals surface area contributed by atoms with Crippen LogP contribution in [0.3, 0.4) is 0 Å². The first-order chi connectivity index (χ1) is 16.5. The SMILES string of the molecule is COc1ccc(CCNc2nc(-c3ccccn3)cc(Cl)c2-c2c(F)cccc2Cl)cc1OC. The Labute approximate surface area is 207 Å². The molecule has 4 rings (SSSR count). The van der Waals surface area contributed by atoms with Crippen LogP contribution >= 0.6 is 23.2 Å². The number of halogens is 3. The molecule has 0 aliphatic rings. The molecule has 1 N–H and O–H groups in total. The van der Waals surface area contributed by atoms with Gasteiger partial charge >= 0.3 is 0 Å². The average molecular weight is 498 g/mol. The Hall–Kier alpha value is -3.35. The summed E-state index contributed by atoms with van der Waals surface area (Å²) in [5.74, 6) is 1.25. The number of pyridine rings is 2. The van der Waals surface area contributed by atoms with Gasteiger partial charge in [-0.3, -0.25) is 4.98 Å². The lowest BCUT2D eigenvalue weighted by Crippen LogP contribution is -2.09. The molecule has 0 saturated heterocycles. The van der Waals surface area contributed by atoms with Crippen molar-refractivity contribution in [2.24, 2.45) is 0 Å². The average Bonchev–Trinajstić information content (AvgIpc) is 2.85. The lowest BCUT2D eigenvalue weighted by Gasteiger charge is -2.17. The lowest BCUT2D eigenvalue weighted by atomic mass is 10.0. The van der Waals surface area contributed by atoms with Crippen LogP contribution < -0.4 is 14.8 Å². The van der Waals surface area contributed by atoms with E-state index in [0.29, 0.717) is 52.3 Å². The minimum absolute atomic E-state index is 0.197. The molecule has 0 unspecified atom stereocenters. The van der Waals surface area contributed by atoms with Crippen molar-refractivity contribution in [2.45, 2.75) is 6.42 Å². The Morgan fingerprint density at radius 2 is 1.68 bits per heavy atom. The molecular weight excluding hydrogens is 476 g/mol. The maximum Gasteiger partial charge on any atom is 0.160 e. The van der Waals surface area contributed by atoms with Crippen molar-refractivity contribution < 1.29 is 13.9 Å². The number of rotatable bonds is 8. The normalized spacial score (nSPS) is 10.7. The summed E-state index contributed by atoms with van der Waals surface area (Å²) in [6.07, 6.45) is 2.33. The van der Waals surface area contributed by atoms with E-state index in [9.17, 15) is 4.39 Å². The van der Waals surface area contributed by atoms with E-state index < -0.39 is 5.82 Å². The molecule has 2 heterocycles. The Balaban J connectivity index is 1.70. The molecule has 8 heteroatoms. The van der Waals surface area contributed by atoms with Crippen LogP contribution in [0.15, 0.2) is 66.9 Å². The molecule has 0 fully saturated rings. The summed E-state index contributed by atoms with van der Waals surface area (Å²) in [4.78, 5) is 9.08. The third-order valence-corrected chi connectivity index (χ3v) is 5.88. The van der Waals surface area contributed by atoms with Gasteiger partial charge in [-0.05, 0) is 54.4 Å². The maximum absolute atomic E-state index is 14.8. The summed E-state index contributed by atoms with van der Waals surface area (Å²) in [7, 11) is 3.19. The second-order valence-corrected chi connectivity index (χ2v) is 8.21. The van der Waals surface area contributed by atoms with Crippen molar-refractivity contribution in [3.05, 3.63) is 88.3 Å². The molecule has 5 nitrogen and oxygen atoms in total. The number of benzene rings is 2. The van der Waals surface area contributed by atoms with Crippen LogP contribution in [-0.2, 0) is 6.42 Å². The zero-order valence-electron chi connectivity index (χ0n) is 18.6. The third kappa shape index (κ3) is 5.08. The van der Waals surface area contributed by atoms with Gasteiger partial charge in [0.15, 0.2) is 11.5 Å². The number of hydrogen-bond acceptors (Lipinski definition) is 5. The maximum atomic E-state index is 14.8. The molecule has 0 aliphatic carbocycles. The van der Waals surface area contributed by atoms with E-state index in [-0.39, 0.29) is 10.6 Å². The number of nitrogens with one attached hydrogen (secondary N) is 1. The number of methoxy groups -OCH3 is 2. The molecule has 0 atom stereocenters. The predicted octanol–water partition coefficient (Wildman–Crippen LogP) is 6.93. The van der Waals surface area contributed by atoms with E-state index in [2.05, 4.69) is 10.3 Å². The van der Waals surface area contributed by atoms with Gasteiger partial charge in [0.05, 0.1) is 35.7 Å². The zero-order valence-corrected chi connectivity index (χ0v) is 20.1. The molecule has 174 valence electrons. The number of anilines is 1. The first-order valence-electron chi connectivity index (χ1n) is 10.5. The highest BCUT2D eigenvalue weighted by atomic mass is 35.5. The summed E-state index contributed by atoms with van der Waals surface area (Å²) in [6, 6.07) is 17.4. The quantitative estimate of drug-likeness (QED) is 0.286. The minimum atomic E-state index is -0.482. The van der Waals surface area contributed by atoms with Crippen LogP contribution in [0.4, 0.5) is 10.2 Å². The van der Waals surface area contributed by atoms with E-state index in [1.165, 1.54) is 6.07 Å².